The summed E-state index contributed by atoms with van der Waals surface area (Å²) >= 11 is 0. The van der Waals surface area contributed by atoms with Crippen LogP contribution in [0.25, 0.3) is 0 Å². The average molecular weight is 224 g/mol. The molecule has 0 atom stereocenters. The highest BCUT2D eigenvalue weighted by Crippen LogP contribution is 2.37. The van der Waals surface area contributed by atoms with Gasteiger partial charge in [-0.3, -0.25) is 0 Å². The van der Waals surface area contributed by atoms with Crippen LogP contribution in [0.4, 0.5) is 0 Å². The minimum absolute atomic E-state index is 0.489. The summed E-state index contributed by atoms with van der Waals surface area (Å²) in [6.45, 7) is 5.91. The van der Waals surface area contributed by atoms with E-state index in [0.717, 1.165) is 17.9 Å². The Bertz CT molecular complexity index is 225. The summed E-state index contributed by atoms with van der Waals surface area (Å²) in [5.41, 5.74) is 0.489. The van der Waals surface area contributed by atoms with E-state index in [1.807, 2.05) is 0 Å². The predicted molar refractivity (Wildman–Crippen MR) is 69.6 cm³/mol. The van der Waals surface area contributed by atoms with Crippen LogP contribution >= 0.6 is 0 Å². The zero-order chi connectivity index (χ0) is 11.8. The number of hydrogen-bond donors (Lipinski definition) is 1. The van der Waals surface area contributed by atoms with Crippen LogP contribution in [0, 0.1) is 11.8 Å². The Kier molecular flexibility index (Phi) is 3.60. The summed E-state index contributed by atoms with van der Waals surface area (Å²) in [6, 6.07) is 0.810. The molecule has 0 aliphatic heterocycles. The molecule has 0 saturated heterocycles. The zero-order valence-corrected chi connectivity index (χ0v) is 11.4. The van der Waals surface area contributed by atoms with Gasteiger partial charge in [-0.2, -0.15) is 0 Å². The van der Waals surface area contributed by atoms with Crippen molar-refractivity contribution in [1.82, 2.24) is 10.2 Å². The zero-order valence-electron chi connectivity index (χ0n) is 11.4. The van der Waals surface area contributed by atoms with Gasteiger partial charge >= 0.3 is 0 Å². The molecule has 2 nitrogen and oxygen atoms in total. The van der Waals surface area contributed by atoms with E-state index in [9.17, 15) is 0 Å². The Hall–Kier alpha value is -0.0800. The van der Waals surface area contributed by atoms with Gasteiger partial charge in [-0.15, -0.1) is 0 Å². The summed E-state index contributed by atoms with van der Waals surface area (Å²) in [6.07, 6.45) is 6.99. The number of nitrogens with zero attached hydrogens (tertiary/aromatic N) is 1. The molecule has 94 valence electrons. The molecule has 0 radical (unpaired) electrons. The Morgan fingerprint density at radius 2 is 1.88 bits per heavy atom. The smallest absolute Gasteiger partial charge is 0.0328 e. The van der Waals surface area contributed by atoms with Gasteiger partial charge in [0.1, 0.15) is 0 Å². The van der Waals surface area contributed by atoms with Crippen LogP contribution in [0.15, 0.2) is 0 Å². The van der Waals surface area contributed by atoms with Gasteiger partial charge in [0.15, 0.2) is 0 Å². The molecule has 2 aliphatic rings. The second-order valence-electron chi connectivity index (χ2n) is 6.53. The first kappa shape index (κ1) is 12.4. The number of nitrogens with one attached hydrogen (secondary N) is 1. The minimum Gasteiger partial charge on any atom is -0.312 e. The maximum Gasteiger partial charge on any atom is 0.0328 e. The Labute approximate surface area is 101 Å². The topological polar surface area (TPSA) is 15.3 Å². The monoisotopic (exact) mass is 224 g/mol. The third-order valence-electron chi connectivity index (χ3n) is 5.07. The largest absolute Gasteiger partial charge is 0.312 e. The SMILES string of the molecule is CC(C)C1CC(NCC2(N(C)C)CCC2)C1. The highest BCUT2D eigenvalue weighted by atomic mass is 15.2. The summed E-state index contributed by atoms with van der Waals surface area (Å²) < 4.78 is 0. The Morgan fingerprint density at radius 3 is 2.25 bits per heavy atom. The van der Waals surface area contributed by atoms with Crippen molar-refractivity contribution in [3.05, 3.63) is 0 Å². The molecule has 0 aromatic rings. The molecule has 0 amide bonds. The quantitative estimate of drug-likeness (QED) is 0.772. The van der Waals surface area contributed by atoms with Crippen LogP contribution in [-0.2, 0) is 0 Å². The van der Waals surface area contributed by atoms with Crippen LogP contribution in [0.5, 0.6) is 0 Å². The molecule has 16 heavy (non-hydrogen) atoms. The Morgan fingerprint density at radius 1 is 1.25 bits per heavy atom. The second kappa shape index (κ2) is 4.66. The van der Waals surface area contributed by atoms with Gasteiger partial charge in [-0.25, -0.2) is 0 Å². The van der Waals surface area contributed by atoms with Gasteiger partial charge < -0.3 is 10.2 Å². The molecule has 0 bridgehead atoms. The van der Waals surface area contributed by atoms with Crippen LogP contribution in [0.1, 0.15) is 46.0 Å². The molecule has 0 spiro atoms. The average Bonchev–Trinajstić information content (AvgIpc) is 2.04. The molecule has 2 heteroatoms. The van der Waals surface area contributed by atoms with Crippen LogP contribution in [-0.4, -0.2) is 37.1 Å². The molecule has 0 unspecified atom stereocenters. The first-order chi connectivity index (χ1) is 7.53. The molecule has 0 aromatic heterocycles. The van der Waals surface area contributed by atoms with Gasteiger partial charge in [0.25, 0.3) is 0 Å². The van der Waals surface area contributed by atoms with E-state index in [-0.39, 0.29) is 0 Å². The third kappa shape index (κ3) is 2.28. The van der Waals surface area contributed by atoms with Crippen LogP contribution in [0.3, 0.4) is 0 Å². The first-order valence-electron chi connectivity index (χ1n) is 6.94. The highest BCUT2D eigenvalue weighted by molar-refractivity contribution is 4.99. The fourth-order valence-corrected chi connectivity index (χ4v) is 3.07. The molecular weight excluding hydrogens is 196 g/mol. The first-order valence-corrected chi connectivity index (χ1v) is 6.94. The van der Waals surface area contributed by atoms with Crippen molar-refractivity contribution in [2.24, 2.45) is 11.8 Å². The molecular formula is C14H28N2. The van der Waals surface area contributed by atoms with E-state index in [0.29, 0.717) is 5.54 Å². The van der Waals surface area contributed by atoms with E-state index < -0.39 is 0 Å². The molecule has 0 aromatic carbocycles. The fourth-order valence-electron chi connectivity index (χ4n) is 3.07. The minimum atomic E-state index is 0.489. The summed E-state index contributed by atoms with van der Waals surface area (Å²) in [5, 5.41) is 3.79. The van der Waals surface area contributed by atoms with Crippen molar-refractivity contribution in [2.45, 2.75) is 57.5 Å². The lowest BCUT2D eigenvalue weighted by atomic mass is 9.72. The normalized spacial score (nSPS) is 32.6. The van der Waals surface area contributed by atoms with Gasteiger partial charge in [0.2, 0.25) is 0 Å². The lowest BCUT2D eigenvalue weighted by Crippen LogP contribution is -2.59. The van der Waals surface area contributed by atoms with Crippen molar-refractivity contribution in [3.63, 3.8) is 0 Å². The van der Waals surface area contributed by atoms with Crippen LogP contribution < -0.4 is 5.32 Å². The molecule has 0 heterocycles. The lowest BCUT2D eigenvalue weighted by molar-refractivity contribution is 0.0468. The van der Waals surface area contributed by atoms with Crippen molar-refractivity contribution < 1.29 is 0 Å². The second-order valence-corrected chi connectivity index (χ2v) is 6.53. The van der Waals surface area contributed by atoms with E-state index in [2.05, 4.69) is 38.2 Å². The fraction of sp³-hybridized carbons (Fsp3) is 1.00. The molecule has 1 N–H and O–H groups in total. The van der Waals surface area contributed by atoms with Gasteiger partial charge in [-0.1, -0.05) is 13.8 Å². The number of rotatable bonds is 5. The molecule has 2 saturated carbocycles. The standard InChI is InChI=1S/C14H28N2/c1-11(2)12-8-13(9-12)15-10-14(16(3)4)6-5-7-14/h11-13,15H,5-10H2,1-4H3. The maximum absolute atomic E-state index is 3.79. The molecule has 2 rings (SSSR count). The summed E-state index contributed by atoms with van der Waals surface area (Å²) in [7, 11) is 4.47. The van der Waals surface area contributed by atoms with Gasteiger partial charge in [0, 0.05) is 18.1 Å². The molecule has 2 fully saturated rings. The summed E-state index contributed by atoms with van der Waals surface area (Å²) in [5.74, 6) is 1.86. The lowest BCUT2D eigenvalue weighted by Gasteiger charge is -2.49. The van der Waals surface area contributed by atoms with Gasteiger partial charge in [0.05, 0.1) is 0 Å². The predicted octanol–water partition coefficient (Wildman–Crippen LogP) is 2.49. The third-order valence-corrected chi connectivity index (χ3v) is 5.07. The van der Waals surface area contributed by atoms with Gasteiger partial charge in [-0.05, 0) is 58.0 Å². The van der Waals surface area contributed by atoms with Crippen LogP contribution in [0.2, 0.25) is 0 Å². The highest BCUT2D eigenvalue weighted by Gasteiger charge is 2.40. The Balaban J connectivity index is 1.69. The van der Waals surface area contributed by atoms with E-state index in [1.165, 1.54) is 38.6 Å². The van der Waals surface area contributed by atoms with E-state index >= 15 is 0 Å². The van der Waals surface area contributed by atoms with Crippen molar-refractivity contribution in [2.75, 3.05) is 20.6 Å². The van der Waals surface area contributed by atoms with Crippen molar-refractivity contribution in [1.29, 1.82) is 0 Å². The summed E-state index contributed by atoms with van der Waals surface area (Å²) in [4.78, 5) is 2.43. The number of hydrogen-bond acceptors (Lipinski definition) is 2. The molecule has 2 aliphatic carbocycles. The van der Waals surface area contributed by atoms with E-state index in [4.69, 9.17) is 0 Å². The number of likely N-dealkylation sites (N-methyl/N-ethyl adjacent to an activating group) is 1. The van der Waals surface area contributed by atoms with E-state index in [1.54, 1.807) is 0 Å². The van der Waals surface area contributed by atoms with Crippen molar-refractivity contribution in [3.8, 4) is 0 Å². The maximum atomic E-state index is 3.79. The van der Waals surface area contributed by atoms with Crippen molar-refractivity contribution >= 4 is 0 Å².